The molecule has 1 aromatic carbocycles. The van der Waals surface area contributed by atoms with Crippen LogP contribution in [0, 0.1) is 12.8 Å². The highest BCUT2D eigenvalue weighted by atomic mass is 16.3. The molecule has 4 nitrogen and oxygen atoms in total. The Morgan fingerprint density at radius 1 is 1.48 bits per heavy atom. The standard InChI is InChI=1S/C17H26N2O2/c1-3-10-19(12-14-7-5-9-18-11-14)17(21)15-8-4-6-13(2)16(15)20/h4,6,8,14,18,20H,3,5,7,9-12H2,1-2H3. The van der Waals surface area contributed by atoms with Gasteiger partial charge >= 0.3 is 0 Å². The highest BCUT2D eigenvalue weighted by Crippen LogP contribution is 2.24. The molecule has 0 saturated carbocycles. The first-order valence-electron chi connectivity index (χ1n) is 7.92. The van der Waals surface area contributed by atoms with E-state index in [2.05, 4.69) is 12.2 Å². The van der Waals surface area contributed by atoms with E-state index in [4.69, 9.17) is 0 Å². The van der Waals surface area contributed by atoms with Crippen LogP contribution in [0.25, 0.3) is 0 Å². The lowest BCUT2D eigenvalue weighted by Crippen LogP contribution is -2.41. The number of amides is 1. The molecule has 1 unspecified atom stereocenters. The van der Waals surface area contributed by atoms with Gasteiger partial charge in [-0.15, -0.1) is 0 Å². The first-order chi connectivity index (χ1) is 10.1. The molecule has 2 rings (SSSR count). The Bertz CT molecular complexity index is 482. The van der Waals surface area contributed by atoms with Crippen molar-refractivity contribution in [1.82, 2.24) is 10.2 Å². The summed E-state index contributed by atoms with van der Waals surface area (Å²) in [5.74, 6) is 0.579. The molecule has 1 saturated heterocycles. The molecule has 4 heteroatoms. The predicted molar refractivity (Wildman–Crippen MR) is 84.6 cm³/mol. The smallest absolute Gasteiger partial charge is 0.257 e. The third kappa shape index (κ3) is 3.97. The Kier molecular flexibility index (Phi) is 5.62. The van der Waals surface area contributed by atoms with Gasteiger partial charge < -0.3 is 15.3 Å². The van der Waals surface area contributed by atoms with Crippen molar-refractivity contribution in [2.45, 2.75) is 33.1 Å². The van der Waals surface area contributed by atoms with E-state index in [0.717, 1.165) is 38.2 Å². The van der Waals surface area contributed by atoms with E-state index in [9.17, 15) is 9.90 Å². The maximum atomic E-state index is 12.7. The molecule has 1 aliphatic heterocycles. The fourth-order valence-electron chi connectivity index (χ4n) is 2.94. The van der Waals surface area contributed by atoms with Gasteiger partial charge in [-0.1, -0.05) is 19.1 Å². The number of hydrogen-bond donors (Lipinski definition) is 2. The molecule has 0 aliphatic carbocycles. The highest BCUT2D eigenvalue weighted by molar-refractivity contribution is 5.97. The number of aryl methyl sites for hydroxylation is 1. The average Bonchev–Trinajstić information content (AvgIpc) is 2.50. The predicted octanol–water partition coefficient (Wildman–Crippen LogP) is 2.55. The molecule has 1 aliphatic rings. The summed E-state index contributed by atoms with van der Waals surface area (Å²) in [6.07, 6.45) is 3.27. The Hall–Kier alpha value is -1.55. The zero-order valence-electron chi connectivity index (χ0n) is 13.1. The average molecular weight is 290 g/mol. The van der Waals surface area contributed by atoms with Gasteiger partial charge in [-0.3, -0.25) is 4.79 Å². The second-order valence-electron chi connectivity index (χ2n) is 5.93. The van der Waals surface area contributed by atoms with Crippen LogP contribution >= 0.6 is 0 Å². The molecule has 21 heavy (non-hydrogen) atoms. The summed E-state index contributed by atoms with van der Waals surface area (Å²) in [4.78, 5) is 14.6. The van der Waals surface area contributed by atoms with Crippen LogP contribution in [0.3, 0.4) is 0 Å². The van der Waals surface area contributed by atoms with Crippen molar-refractivity contribution >= 4 is 5.91 Å². The van der Waals surface area contributed by atoms with Crippen molar-refractivity contribution < 1.29 is 9.90 Å². The van der Waals surface area contributed by atoms with Crippen LogP contribution in [0.1, 0.15) is 42.1 Å². The first-order valence-corrected chi connectivity index (χ1v) is 7.92. The van der Waals surface area contributed by atoms with Gasteiger partial charge in [0.1, 0.15) is 5.75 Å². The summed E-state index contributed by atoms with van der Waals surface area (Å²) in [7, 11) is 0. The number of carbonyl (C=O) groups excluding carboxylic acids is 1. The Labute approximate surface area is 127 Å². The van der Waals surface area contributed by atoms with E-state index in [-0.39, 0.29) is 11.7 Å². The maximum absolute atomic E-state index is 12.7. The molecule has 2 N–H and O–H groups in total. The monoisotopic (exact) mass is 290 g/mol. The first kappa shape index (κ1) is 15.8. The van der Waals surface area contributed by atoms with Crippen LogP contribution in [0.2, 0.25) is 0 Å². The van der Waals surface area contributed by atoms with Gasteiger partial charge in [0.2, 0.25) is 0 Å². The van der Waals surface area contributed by atoms with E-state index < -0.39 is 0 Å². The number of nitrogens with zero attached hydrogens (tertiary/aromatic N) is 1. The maximum Gasteiger partial charge on any atom is 0.257 e. The van der Waals surface area contributed by atoms with Crippen LogP contribution in [-0.2, 0) is 0 Å². The summed E-state index contributed by atoms with van der Waals surface area (Å²) >= 11 is 0. The molecule has 1 heterocycles. The minimum Gasteiger partial charge on any atom is -0.507 e. The number of rotatable bonds is 5. The molecular formula is C17H26N2O2. The summed E-state index contributed by atoms with van der Waals surface area (Å²) in [6.45, 7) is 7.47. The normalized spacial score (nSPS) is 18.5. The lowest BCUT2D eigenvalue weighted by atomic mass is 9.98. The molecule has 116 valence electrons. The number of benzene rings is 1. The van der Waals surface area contributed by atoms with Crippen molar-refractivity contribution in [2.75, 3.05) is 26.2 Å². The Balaban J connectivity index is 2.12. The molecular weight excluding hydrogens is 264 g/mol. The summed E-state index contributed by atoms with van der Waals surface area (Å²) < 4.78 is 0. The quantitative estimate of drug-likeness (QED) is 0.876. The lowest BCUT2D eigenvalue weighted by Gasteiger charge is -2.30. The molecule has 0 bridgehead atoms. The minimum atomic E-state index is -0.0522. The molecule has 1 atom stereocenters. The minimum absolute atomic E-state index is 0.0522. The van der Waals surface area contributed by atoms with Crippen molar-refractivity contribution in [2.24, 2.45) is 5.92 Å². The van der Waals surface area contributed by atoms with Crippen LogP contribution in [0.5, 0.6) is 5.75 Å². The summed E-state index contributed by atoms with van der Waals surface area (Å²) in [5, 5.41) is 13.5. The van der Waals surface area contributed by atoms with Gasteiger partial charge in [-0.25, -0.2) is 0 Å². The van der Waals surface area contributed by atoms with Crippen molar-refractivity contribution in [3.8, 4) is 5.75 Å². The van der Waals surface area contributed by atoms with Gasteiger partial charge in [0.05, 0.1) is 5.56 Å². The lowest BCUT2D eigenvalue weighted by molar-refractivity contribution is 0.0715. The summed E-state index contributed by atoms with van der Waals surface area (Å²) in [5.41, 5.74) is 1.17. The van der Waals surface area contributed by atoms with E-state index in [0.29, 0.717) is 11.5 Å². The van der Waals surface area contributed by atoms with E-state index >= 15 is 0 Å². The Morgan fingerprint density at radius 3 is 2.95 bits per heavy atom. The van der Waals surface area contributed by atoms with Gasteiger partial charge in [-0.2, -0.15) is 0 Å². The van der Waals surface area contributed by atoms with Crippen LogP contribution in [-0.4, -0.2) is 42.1 Å². The van der Waals surface area contributed by atoms with E-state index in [1.54, 1.807) is 6.07 Å². The number of aromatic hydroxyl groups is 1. The van der Waals surface area contributed by atoms with E-state index in [1.165, 1.54) is 12.8 Å². The Morgan fingerprint density at radius 2 is 2.29 bits per heavy atom. The molecule has 1 aromatic rings. The van der Waals surface area contributed by atoms with Crippen LogP contribution in [0.15, 0.2) is 18.2 Å². The topological polar surface area (TPSA) is 52.6 Å². The fourth-order valence-corrected chi connectivity index (χ4v) is 2.94. The number of piperidine rings is 1. The van der Waals surface area contributed by atoms with Gasteiger partial charge in [0.15, 0.2) is 0 Å². The SMILES string of the molecule is CCCN(CC1CCCNC1)C(=O)c1cccc(C)c1O. The molecule has 1 amide bonds. The van der Waals surface area contributed by atoms with Crippen molar-refractivity contribution in [3.05, 3.63) is 29.3 Å². The number of nitrogens with one attached hydrogen (secondary N) is 1. The molecule has 0 aromatic heterocycles. The number of carbonyl (C=O) groups is 1. The number of phenolic OH excluding ortho intramolecular Hbond substituents is 1. The largest absolute Gasteiger partial charge is 0.507 e. The number of hydrogen-bond acceptors (Lipinski definition) is 3. The third-order valence-corrected chi connectivity index (χ3v) is 4.13. The third-order valence-electron chi connectivity index (χ3n) is 4.13. The molecule has 0 radical (unpaired) electrons. The van der Waals surface area contributed by atoms with Gasteiger partial charge in [0.25, 0.3) is 5.91 Å². The van der Waals surface area contributed by atoms with Gasteiger partial charge in [-0.05, 0) is 56.8 Å². The molecule has 0 spiro atoms. The van der Waals surface area contributed by atoms with Gasteiger partial charge in [0, 0.05) is 13.1 Å². The second kappa shape index (κ2) is 7.46. The zero-order chi connectivity index (χ0) is 15.2. The zero-order valence-corrected chi connectivity index (χ0v) is 13.1. The number of para-hydroxylation sites is 1. The number of phenols is 1. The van der Waals surface area contributed by atoms with Crippen LogP contribution in [0.4, 0.5) is 0 Å². The molecule has 1 fully saturated rings. The second-order valence-corrected chi connectivity index (χ2v) is 5.93. The van der Waals surface area contributed by atoms with Crippen LogP contribution < -0.4 is 5.32 Å². The summed E-state index contributed by atoms with van der Waals surface area (Å²) in [6, 6.07) is 5.36. The van der Waals surface area contributed by atoms with E-state index in [1.807, 2.05) is 24.0 Å². The fraction of sp³-hybridized carbons (Fsp3) is 0.588. The highest BCUT2D eigenvalue weighted by Gasteiger charge is 2.23. The van der Waals surface area contributed by atoms with Crippen molar-refractivity contribution in [3.63, 3.8) is 0 Å². The van der Waals surface area contributed by atoms with Crippen molar-refractivity contribution in [1.29, 1.82) is 0 Å².